The Kier molecular flexibility index (Phi) is 10.6. The van der Waals surface area contributed by atoms with Gasteiger partial charge in [-0.3, -0.25) is 14.1 Å². The summed E-state index contributed by atoms with van der Waals surface area (Å²) in [6.45, 7) is 3.13. The number of benzene rings is 3. The number of hydrogen-bond donors (Lipinski definition) is 1. The Labute approximate surface area is 272 Å². The predicted octanol–water partition coefficient (Wildman–Crippen LogP) is 4.75. The molecule has 12 nitrogen and oxygen atoms in total. The number of anilines is 1. The van der Waals surface area contributed by atoms with E-state index in [1.165, 1.54) is 12.3 Å². The molecular formula is C32H33ClN6O6S. The largest absolute Gasteiger partial charge is 0.465 e. The number of rotatable bonds is 10. The van der Waals surface area contributed by atoms with Crippen LogP contribution in [-0.4, -0.2) is 60.6 Å². The molecule has 5 aromatic rings. The van der Waals surface area contributed by atoms with Crippen molar-refractivity contribution >= 4 is 68.0 Å². The van der Waals surface area contributed by atoms with Crippen LogP contribution in [0.15, 0.2) is 88.9 Å². The van der Waals surface area contributed by atoms with Crippen molar-refractivity contribution in [1.29, 1.82) is 0 Å². The van der Waals surface area contributed by atoms with Crippen molar-refractivity contribution in [3.05, 3.63) is 95.9 Å². The summed E-state index contributed by atoms with van der Waals surface area (Å²) in [4.78, 5) is 37.1. The minimum absolute atomic E-state index is 0. The van der Waals surface area contributed by atoms with Gasteiger partial charge in [-0.2, -0.15) is 4.99 Å². The summed E-state index contributed by atoms with van der Waals surface area (Å²) in [5, 5.41) is 0.654. The predicted molar refractivity (Wildman–Crippen MR) is 178 cm³/mol. The molecule has 0 aliphatic carbocycles. The Morgan fingerprint density at radius 2 is 1.70 bits per heavy atom. The number of pyridine rings is 1. The molecule has 0 fully saturated rings. The number of nitrogens with two attached hydrogens (primary N) is 1. The van der Waals surface area contributed by atoms with E-state index in [0.717, 1.165) is 21.2 Å². The van der Waals surface area contributed by atoms with Crippen LogP contribution in [0.3, 0.4) is 0 Å². The molecule has 0 saturated heterocycles. The smallest absolute Gasteiger partial charge is 0.435 e. The summed E-state index contributed by atoms with van der Waals surface area (Å²) in [7, 11) is -2.38. The molecule has 2 N–H and O–H groups in total. The number of amidine groups is 1. The average Bonchev–Trinajstić information content (AvgIpc) is 3.33. The summed E-state index contributed by atoms with van der Waals surface area (Å²) >= 11 is 0. The minimum atomic E-state index is -4.25. The topological polar surface area (TPSA) is 159 Å². The van der Waals surface area contributed by atoms with E-state index in [4.69, 9.17) is 20.2 Å². The number of aliphatic imine (C=N–C) groups is 1. The third kappa shape index (κ3) is 7.11. The van der Waals surface area contributed by atoms with Gasteiger partial charge in [0.1, 0.15) is 23.1 Å². The highest BCUT2D eigenvalue weighted by molar-refractivity contribution is 7.93. The molecule has 0 spiro atoms. The maximum Gasteiger partial charge on any atom is 0.435 e. The Balaban J connectivity index is 0.00000480. The Morgan fingerprint density at radius 3 is 2.41 bits per heavy atom. The maximum absolute atomic E-state index is 14.1. The second kappa shape index (κ2) is 14.4. The summed E-state index contributed by atoms with van der Waals surface area (Å²) in [5.74, 6) is 0.0884. The van der Waals surface area contributed by atoms with E-state index < -0.39 is 28.6 Å². The van der Waals surface area contributed by atoms with E-state index in [2.05, 4.69) is 9.98 Å². The second-order valence-corrected chi connectivity index (χ2v) is 11.8. The molecular weight excluding hydrogens is 632 g/mol. The lowest BCUT2D eigenvalue weighted by Gasteiger charge is -2.24. The van der Waals surface area contributed by atoms with Crippen LogP contribution in [0.25, 0.3) is 21.9 Å². The van der Waals surface area contributed by atoms with Crippen LogP contribution in [0.5, 0.6) is 0 Å². The van der Waals surface area contributed by atoms with Crippen molar-refractivity contribution in [3.8, 4) is 0 Å². The number of esters is 1. The molecule has 0 radical (unpaired) electrons. The number of para-hydroxylation sites is 1. The molecule has 0 aliphatic rings. The average molecular weight is 665 g/mol. The molecule has 240 valence electrons. The van der Waals surface area contributed by atoms with Crippen LogP contribution >= 0.6 is 12.4 Å². The first-order valence-electron chi connectivity index (χ1n) is 14.2. The van der Waals surface area contributed by atoms with Gasteiger partial charge < -0.3 is 19.8 Å². The number of fused-ring (bicyclic) bond motifs is 2. The van der Waals surface area contributed by atoms with Crippen molar-refractivity contribution in [3.63, 3.8) is 0 Å². The van der Waals surface area contributed by atoms with Crippen molar-refractivity contribution in [2.45, 2.75) is 25.2 Å². The number of carbonyl (C=O) groups is 2. The summed E-state index contributed by atoms with van der Waals surface area (Å²) in [6, 6.07) is 20.7. The highest BCUT2D eigenvalue weighted by Gasteiger charge is 2.30. The molecule has 0 atom stereocenters. The number of imidazole rings is 1. The van der Waals surface area contributed by atoms with Crippen LogP contribution in [0, 0.1) is 0 Å². The molecule has 5 rings (SSSR count). The van der Waals surface area contributed by atoms with Crippen LogP contribution in [0.2, 0.25) is 0 Å². The van der Waals surface area contributed by atoms with E-state index >= 15 is 0 Å². The fourth-order valence-electron chi connectivity index (χ4n) is 4.89. The third-order valence-corrected chi connectivity index (χ3v) is 8.88. The summed E-state index contributed by atoms with van der Waals surface area (Å²) in [6.07, 6.45) is 1.24. The lowest BCUT2D eigenvalue weighted by molar-refractivity contribution is -0.141. The Bertz CT molecular complexity index is 2020. The second-order valence-electron chi connectivity index (χ2n) is 9.98. The van der Waals surface area contributed by atoms with Gasteiger partial charge in [-0.05, 0) is 49.7 Å². The van der Waals surface area contributed by atoms with Gasteiger partial charge in [0.15, 0.2) is 0 Å². The van der Waals surface area contributed by atoms with Crippen molar-refractivity contribution in [1.82, 2.24) is 14.5 Å². The van der Waals surface area contributed by atoms with Crippen molar-refractivity contribution in [2.24, 2.45) is 17.8 Å². The number of carbonyl (C=O) groups excluding carboxylic acids is 2. The summed E-state index contributed by atoms with van der Waals surface area (Å²) in [5.41, 5.74) is 9.32. The van der Waals surface area contributed by atoms with E-state index in [-0.39, 0.29) is 42.0 Å². The maximum atomic E-state index is 14.1. The molecule has 0 unspecified atom stereocenters. The van der Waals surface area contributed by atoms with E-state index in [9.17, 15) is 18.0 Å². The highest BCUT2D eigenvalue weighted by Crippen LogP contribution is 2.30. The number of aryl methyl sites for hydroxylation is 1. The van der Waals surface area contributed by atoms with Gasteiger partial charge in [-0.1, -0.05) is 42.5 Å². The van der Waals surface area contributed by atoms with Gasteiger partial charge in [-0.25, -0.2) is 18.2 Å². The minimum Gasteiger partial charge on any atom is -0.465 e. The van der Waals surface area contributed by atoms with Gasteiger partial charge in [0.05, 0.1) is 35.5 Å². The van der Waals surface area contributed by atoms with Crippen molar-refractivity contribution < 1.29 is 27.5 Å². The molecule has 0 aliphatic heterocycles. The number of ether oxygens (including phenoxy) is 2. The number of halogens is 1. The number of hydrogen-bond acceptors (Lipinski definition) is 8. The van der Waals surface area contributed by atoms with Gasteiger partial charge in [0, 0.05) is 30.6 Å². The normalized spacial score (nSPS) is 11.7. The first kappa shape index (κ1) is 33.9. The molecule has 14 heteroatoms. The van der Waals surface area contributed by atoms with E-state index in [1.54, 1.807) is 68.4 Å². The Hall–Kier alpha value is -5.01. The molecule has 2 aromatic heterocycles. The van der Waals surface area contributed by atoms with Crippen LogP contribution in [-0.2, 0) is 37.8 Å². The standard InChI is InChI=1S/C32H32N6O6S.ClH/c1-4-43-29(39)20-38(45(41,42)27-10-6-8-22-9-7-17-34-30(22)27)24-15-16-26-25(19-24)35-28(37(26)3)18-21-11-13-23(14-12-21)31(33)36-32(40)44-5-2;/h6-17,19H,4-5,18,20H2,1-3H3,(H2,33,36,40);1H. The SMILES string of the molecule is CCOC(=O)CN(c1ccc2c(c1)nc(Cc1ccc(C(N)=NC(=O)OCC)cc1)n2C)S(=O)(=O)c1cccc2cccnc12.Cl. The molecule has 1 amide bonds. The fraction of sp³-hybridized carbons (Fsp3) is 0.219. The van der Waals surface area contributed by atoms with Gasteiger partial charge in [-0.15, -0.1) is 12.4 Å². The highest BCUT2D eigenvalue weighted by atomic mass is 35.5. The first-order chi connectivity index (χ1) is 21.6. The monoisotopic (exact) mass is 664 g/mol. The molecule has 2 heterocycles. The zero-order valence-corrected chi connectivity index (χ0v) is 27.0. The zero-order valence-electron chi connectivity index (χ0n) is 25.4. The number of aromatic nitrogens is 3. The zero-order chi connectivity index (χ0) is 32.1. The molecule has 3 aromatic carbocycles. The first-order valence-corrected chi connectivity index (χ1v) is 15.6. The third-order valence-electron chi connectivity index (χ3n) is 7.08. The number of amides is 1. The molecule has 46 heavy (non-hydrogen) atoms. The van der Waals surface area contributed by atoms with Crippen LogP contribution in [0.1, 0.15) is 30.8 Å². The van der Waals surface area contributed by atoms with Crippen LogP contribution in [0.4, 0.5) is 10.5 Å². The quantitative estimate of drug-likeness (QED) is 0.126. The number of nitrogens with zero attached hydrogens (tertiary/aromatic N) is 5. The lowest BCUT2D eigenvalue weighted by atomic mass is 10.1. The fourth-order valence-corrected chi connectivity index (χ4v) is 6.46. The molecule has 0 saturated carbocycles. The van der Waals surface area contributed by atoms with Crippen molar-refractivity contribution in [2.75, 3.05) is 24.1 Å². The Morgan fingerprint density at radius 1 is 0.978 bits per heavy atom. The van der Waals surface area contributed by atoms with Gasteiger partial charge in [0.25, 0.3) is 10.0 Å². The van der Waals surface area contributed by atoms with Crippen LogP contribution < -0.4 is 10.0 Å². The van der Waals surface area contributed by atoms with Gasteiger partial charge >= 0.3 is 12.1 Å². The van der Waals surface area contributed by atoms with E-state index in [1.807, 2.05) is 23.7 Å². The lowest BCUT2D eigenvalue weighted by Crippen LogP contribution is -2.36. The summed E-state index contributed by atoms with van der Waals surface area (Å²) < 4.78 is 41.1. The molecule has 0 bridgehead atoms. The van der Waals surface area contributed by atoms with E-state index in [0.29, 0.717) is 28.4 Å². The number of sulfonamides is 1. The van der Waals surface area contributed by atoms with Gasteiger partial charge in [0.2, 0.25) is 0 Å².